The van der Waals surface area contributed by atoms with E-state index in [9.17, 15) is 0 Å². The van der Waals surface area contributed by atoms with Crippen molar-refractivity contribution in [3.63, 3.8) is 0 Å². The van der Waals surface area contributed by atoms with Crippen LogP contribution < -0.4 is 5.73 Å². The molecule has 0 aliphatic rings. The van der Waals surface area contributed by atoms with E-state index in [4.69, 9.17) is 5.73 Å². The fraction of sp³-hybridized carbons (Fsp3) is 1.00. The maximum atomic E-state index is 6.40. The minimum absolute atomic E-state index is 0.150. The molecule has 2 N–H and O–H groups in total. The number of hydrogen-bond acceptors (Lipinski definition) is 1. The summed E-state index contributed by atoms with van der Waals surface area (Å²) in [6.45, 7) is 6.74. The first-order valence-electron chi connectivity index (χ1n) is 6.47. The average Bonchev–Trinajstić information content (AvgIpc) is 2.13. The van der Waals surface area contributed by atoms with Crippen molar-refractivity contribution in [3.05, 3.63) is 0 Å². The smallest absolute Gasteiger partial charge is 0.0154 e. The Labute approximate surface area is 90.5 Å². The normalized spacial score (nSPS) is 12.0. The van der Waals surface area contributed by atoms with Crippen molar-refractivity contribution in [1.82, 2.24) is 0 Å². The molecule has 0 bridgehead atoms. The molecule has 0 radical (unpaired) electrons. The summed E-state index contributed by atoms with van der Waals surface area (Å²) >= 11 is 0. The second-order valence-electron chi connectivity index (χ2n) is 4.67. The Morgan fingerprint density at radius 1 is 0.714 bits per heavy atom. The molecule has 0 amide bonds. The molecule has 0 aromatic carbocycles. The zero-order valence-corrected chi connectivity index (χ0v) is 10.4. The molecule has 0 aliphatic carbocycles. The Morgan fingerprint density at radius 2 is 1.29 bits per heavy atom. The van der Waals surface area contributed by atoms with E-state index in [0.29, 0.717) is 0 Å². The largest absolute Gasteiger partial charge is 0.325 e. The van der Waals surface area contributed by atoms with Crippen molar-refractivity contribution in [2.24, 2.45) is 5.73 Å². The summed E-state index contributed by atoms with van der Waals surface area (Å²) < 4.78 is 0. The van der Waals surface area contributed by atoms with Gasteiger partial charge in [-0.2, -0.15) is 0 Å². The minimum atomic E-state index is 0.150. The van der Waals surface area contributed by atoms with Crippen molar-refractivity contribution in [2.75, 3.05) is 0 Å². The predicted molar refractivity (Wildman–Crippen MR) is 65.5 cm³/mol. The highest BCUT2D eigenvalue weighted by Gasteiger charge is 2.21. The van der Waals surface area contributed by atoms with Crippen LogP contribution in [0.25, 0.3) is 0 Å². The van der Waals surface area contributed by atoms with E-state index >= 15 is 0 Å². The van der Waals surface area contributed by atoms with Crippen LogP contribution in [0.15, 0.2) is 0 Å². The molecule has 1 heteroatoms. The van der Waals surface area contributed by atoms with Gasteiger partial charge >= 0.3 is 0 Å². The molecule has 0 saturated heterocycles. The zero-order chi connectivity index (χ0) is 10.9. The molecule has 0 heterocycles. The van der Waals surface area contributed by atoms with Crippen LogP contribution in [0.5, 0.6) is 0 Å². The van der Waals surface area contributed by atoms with Gasteiger partial charge < -0.3 is 5.73 Å². The third kappa shape index (κ3) is 6.42. The second-order valence-corrected chi connectivity index (χ2v) is 4.67. The van der Waals surface area contributed by atoms with Gasteiger partial charge in [-0.3, -0.25) is 0 Å². The van der Waals surface area contributed by atoms with E-state index in [1.165, 1.54) is 57.8 Å². The SMILES string of the molecule is CCCCCCC(N)(CCC)CCC. The molecular weight excluding hydrogens is 170 g/mol. The van der Waals surface area contributed by atoms with Crippen molar-refractivity contribution >= 4 is 0 Å². The zero-order valence-electron chi connectivity index (χ0n) is 10.4. The first-order valence-corrected chi connectivity index (χ1v) is 6.47. The summed E-state index contributed by atoms with van der Waals surface area (Å²) in [7, 11) is 0. The summed E-state index contributed by atoms with van der Waals surface area (Å²) in [6, 6.07) is 0. The van der Waals surface area contributed by atoms with E-state index < -0.39 is 0 Å². The number of hydrogen-bond donors (Lipinski definition) is 1. The fourth-order valence-electron chi connectivity index (χ4n) is 2.27. The number of nitrogens with two attached hydrogens (primary N) is 1. The van der Waals surface area contributed by atoms with Crippen molar-refractivity contribution in [2.45, 2.75) is 84.1 Å². The van der Waals surface area contributed by atoms with E-state index in [1.807, 2.05) is 0 Å². The van der Waals surface area contributed by atoms with Crippen LogP contribution in [0, 0.1) is 0 Å². The van der Waals surface area contributed by atoms with Gasteiger partial charge in [0.05, 0.1) is 0 Å². The van der Waals surface area contributed by atoms with Crippen LogP contribution in [0.4, 0.5) is 0 Å². The molecule has 0 aromatic rings. The van der Waals surface area contributed by atoms with Gasteiger partial charge in [-0.25, -0.2) is 0 Å². The first kappa shape index (κ1) is 14.0. The highest BCUT2D eigenvalue weighted by atomic mass is 14.7. The molecule has 0 spiro atoms. The molecular formula is C13H29N. The Kier molecular flexibility index (Phi) is 8.26. The number of rotatable bonds is 9. The highest BCUT2D eigenvalue weighted by Crippen LogP contribution is 2.23. The molecule has 0 unspecified atom stereocenters. The monoisotopic (exact) mass is 199 g/mol. The number of unbranched alkanes of at least 4 members (excludes halogenated alkanes) is 3. The molecule has 86 valence electrons. The topological polar surface area (TPSA) is 26.0 Å². The highest BCUT2D eigenvalue weighted by molar-refractivity contribution is 4.82. The summed E-state index contributed by atoms with van der Waals surface area (Å²) in [6.07, 6.45) is 11.5. The lowest BCUT2D eigenvalue weighted by Crippen LogP contribution is -2.39. The van der Waals surface area contributed by atoms with Gasteiger partial charge in [0.25, 0.3) is 0 Å². The summed E-state index contributed by atoms with van der Waals surface area (Å²) in [5.74, 6) is 0. The summed E-state index contributed by atoms with van der Waals surface area (Å²) in [5.41, 5.74) is 6.55. The standard InChI is InChI=1S/C13H29N/c1-4-7-8-9-12-13(14,10-5-2)11-6-3/h4-12,14H2,1-3H3. The van der Waals surface area contributed by atoms with Crippen molar-refractivity contribution < 1.29 is 0 Å². The van der Waals surface area contributed by atoms with Crippen LogP contribution in [0.2, 0.25) is 0 Å². The molecule has 0 rings (SSSR count). The van der Waals surface area contributed by atoms with Crippen LogP contribution in [-0.4, -0.2) is 5.54 Å². The molecule has 0 fully saturated rings. The van der Waals surface area contributed by atoms with Crippen molar-refractivity contribution in [1.29, 1.82) is 0 Å². The lowest BCUT2D eigenvalue weighted by molar-refractivity contribution is 0.320. The minimum Gasteiger partial charge on any atom is -0.325 e. The maximum Gasteiger partial charge on any atom is 0.0154 e. The predicted octanol–water partition coefficient (Wildman–Crippen LogP) is 4.25. The van der Waals surface area contributed by atoms with Crippen LogP contribution in [0.3, 0.4) is 0 Å². The Hall–Kier alpha value is -0.0400. The second kappa shape index (κ2) is 8.28. The van der Waals surface area contributed by atoms with Gasteiger partial charge in [0.2, 0.25) is 0 Å². The van der Waals surface area contributed by atoms with E-state index in [0.717, 1.165) is 0 Å². The van der Waals surface area contributed by atoms with E-state index in [2.05, 4.69) is 20.8 Å². The van der Waals surface area contributed by atoms with Crippen molar-refractivity contribution in [3.8, 4) is 0 Å². The molecule has 0 saturated carbocycles. The van der Waals surface area contributed by atoms with Crippen LogP contribution in [-0.2, 0) is 0 Å². The molecule has 1 nitrogen and oxygen atoms in total. The Balaban J connectivity index is 3.71. The van der Waals surface area contributed by atoms with Gasteiger partial charge in [-0.05, 0) is 19.3 Å². The first-order chi connectivity index (χ1) is 6.68. The fourth-order valence-corrected chi connectivity index (χ4v) is 2.27. The van der Waals surface area contributed by atoms with Gasteiger partial charge in [-0.1, -0.05) is 59.3 Å². The third-order valence-corrected chi connectivity index (χ3v) is 3.02. The van der Waals surface area contributed by atoms with Crippen LogP contribution >= 0.6 is 0 Å². The van der Waals surface area contributed by atoms with Gasteiger partial charge in [0.1, 0.15) is 0 Å². The lowest BCUT2D eigenvalue weighted by atomic mass is 9.84. The summed E-state index contributed by atoms with van der Waals surface area (Å²) in [5, 5.41) is 0. The van der Waals surface area contributed by atoms with E-state index in [-0.39, 0.29) is 5.54 Å². The quantitative estimate of drug-likeness (QED) is 0.552. The van der Waals surface area contributed by atoms with Crippen LogP contribution in [0.1, 0.15) is 78.6 Å². The molecule has 0 aromatic heterocycles. The van der Waals surface area contributed by atoms with Gasteiger partial charge in [-0.15, -0.1) is 0 Å². The summed E-state index contributed by atoms with van der Waals surface area (Å²) in [4.78, 5) is 0. The molecule has 0 atom stereocenters. The lowest BCUT2D eigenvalue weighted by Gasteiger charge is -2.29. The van der Waals surface area contributed by atoms with E-state index in [1.54, 1.807) is 0 Å². The average molecular weight is 199 g/mol. The Morgan fingerprint density at radius 3 is 1.71 bits per heavy atom. The van der Waals surface area contributed by atoms with Gasteiger partial charge in [0.15, 0.2) is 0 Å². The third-order valence-electron chi connectivity index (χ3n) is 3.02. The molecule has 14 heavy (non-hydrogen) atoms. The van der Waals surface area contributed by atoms with Gasteiger partial charge in [0, 0.05) is 5.54 Å². The maximum absolute atomic E-state index is 6.40. The molecule has 0 aliphatic heterocycles. The Bertz CT molecular complexity index is 114.